The van der Waals surface area contributed by atoms with Gasteiger partial charge in [-0.05, 0) is 47.3 Å². The Morgan fingerprint density at radius 1 is 1.56 bits per heavy atom. The first kappa shape index (κ1) is 14.2. The van der Waals surface area contributed by atoms with Crippen LogP contribution >= 0.6 is 27.3 Å². The highest BCUT2D eigenvalue weighted by Crippen LogP contribution is 2.28. The minimum Gasteiger partial charge on any atom is -0.309 e. The Bertz CT molecular complexity index is 428. The average Bonchev–Trinajstić information content (AvgIpc) is 2.57. The molecule has 0 saturated heterocycles. The summed E-state index contributed by atoms with van der Waals surface area (Å²) < 4.78 is 23.0. The van der Waals surface area contributed by atoms with Gasteiger partial charge in [0.25, 0.3) is 0 Å². The van der Waals surface area contributed by atoms with Crippen LogP contribution in [0.4, 0.5) is 0 Å². The Kier molecular flexibility index (Phi) is 5.43. The molecular weight excluding hydrogens is 310 g/mol. The minimum absolute atomic E-state index is 0.248. The number of rotatable bonds is 6. The topological polar surface area (TPSA) is 46.2 Å². The Morgan fingerprint density at radius 3 is 2.75 bits per heavy atom. The van der Waals surface area contributed by atoms with Crippen molar-refractivity contribution < 1.29 is 8.42 Å². The maximum Gasteiger partial charge on any atom is 0.147 e. The molecule has 0 fully saturated rings. The SMILES string of the molecule is CC(NCCCS(C)(=O)=O)c1sccc1Br. The van der Waals surface area contributed by atoms with E-state index >= 15 is 0 Å². The summed E-state index contributed by atoms with van der Waals surface area (Å²) in [5.74, 6) is 0.248. The molecule has 1 rings (SSSR count). The van der Waals surface area contributed by atoms with Crippen LogP contribution in [0.15, 0.2) is 15.9 Å². The molecule has 0 aliphatic rings. The Labute approximate surface area is 109 Å². The summed E-state index contributed by atoms with van der Waals surface area (Å²) in [7, 11) is -2.83. The molecule has 1 unspecified atom stereocenters. The van der Waals surface area contributed by atoms with Crippen LogP contribution < -0.4 is 5.32 Å². The van der Waals surface area contributed by atoms with Gasteiger partial charge in [-0.25, -0.2) is 8.42 Å². The van der Waals surface area contributed by atoms with Crippen molar-refractivity contribution in [3.8, 4) is 0 Å². The van der Waals surface area contributed by atoms with Crippen LogP contribution in [0.3, 0.4) is 0 Å². The van der Waals surface area contributed by atoms with Crippen LogP contribution in [0.2, 0.25) is 0 Å². The molecular formula is C10H16BrNO2S2. The molecule has 16 heavy (non-hydrogen) atoms. The average molecular weight is 326 g/mol. The van der Waals surface area contributed by atoms with Gasteiger partial charge in [-0.1, -0.05) is 0 Å². The Morgan fingerprint density at radius 2 is 2.25 bits per heavy atom. The molecule has 0 bridgehead atoms. The van der Waals surface area contributed by atoms with E-state index in [0.29, 0.717) is 6.42 Å². The predicted molar refractivity (Wildman–Crippen MR) is 72.8 cm³/mol. The highest BCUT2D eigenvalue weighted by Gasteiger charge is 2.10. The van der Waals surface area contributed by atoms with Gasteiger partial charge in [-0.3, -0.25) is 0 Å². The molecule has 1 aromatic rings. The second-order valence-electron chi connectivity index (χ2n) is 3.79. The van der Waals surface area contributed by atoms with Gasteiger partial charge in [0, 0.05) is 21.6 Å². The van der Waals surface area contributed by atoms with E-state index in [-0.39, 0.29) is 11.8 Å². The first-order chi connectivity index (χ1) is 7.40. The molecule has 3 nitrogen and oxygen atoms in total. The van der Waals surface area contributed by atoms with Crippen molar-refractivity contribution in [2.75, 3.05) is 18.6 Å². The molecule has 1 aromatic heterocycles. The van der Waals surface area contributed by atoms with Crippen LogP contribution in [0.25, 0.3) is 0 Å². The maximum absolute atomic E-state index is 10.9. The lowest BCUT2D eigenvalue weighted by Crippen LogP contribution is -2.21. The van der Waals surface area contributed by atoms with Gasteiger partial charge in [-0.2, -0.15) is 0 Å². The van der Waals surface area contributed by atoms with Gasteiger partial charge in [0.1, 0.15) is 9.84 Å². The van der Waals surface area contributed by atoms with Gasteiger partial charge >= 0.3 is 0 Å². The van der Waals surface area contributed by atoms with Gasteiger partial charge < -0.3 is 5.32 Å². The van der Waals surface area contributed by atoms with Crippen molar-refractivity contribution in [1.29, 1.82) is 0 Å². The molecule has 92 valence electrons. The number of thiophene rings is 1. The Balaban J connectivity index is 2.32. The number of halogens is 1. The smallest absolute Gasteiger partial charge is 0.147 e. The summed E-state index contributed by atoms with van der Waals surface area (Å²) in [4.78, 5) is 1.25. The third-order valence-electron chi connectivity index (χ3n) is 2.18. The number of sulfone groups is 1. The zero-order valence-corrected chi connectivity index (χ0v) is 12.6. The molecule has 0 radical (unpaired) electrons. The van der Waals surface area contributed by atoms with E-state index in [1.54, 1.807) is 11.3 Å². The summed E-state index contributed by atoms with van der Waals surface area (Å²) >= 11 is 5.18. The summed E-state index contributed by atoms with van der Waals surface area (Å²) in [6.07, 6.45) is 1.93. The van der Waals surface area contributed by atoms with Crippen molar-refractivity contribution in [2.24, 2.45) is 0 Å². The maximum atomic E-state index is 10.9. The molecule has 0 spiro atoms. The highest BCUT2D eigenvalue weighted by atomic mass is 79.9. The van der Waals surface area contributed by atoms with Gasteiger partial charge in [-0.15, -0.1) is 11.3 Å². The van der Waals surface area contributed by atoms with Crippen molar-refractivity contribution in [3.63, 3.8) is 0 Å². The zero-order chi connectivity index (χ0) is 12.2. The molecule has 0 aromatic carbocycles. The lowest BCUT2D eigenvalue weighted by atomic mass is 10.2. The lowest BCUT2D eigenvalue weighted by molar-refractivity contribution is 0.566. The number of hydrogen-bond acceptors (Lipinski definition) is 4. The van der Waals surface area contributed by atoms with Crippen LogP contribution in [0.5, 0.6) is 0 Å². The van der Waals surface area contributed by atoms with E-state index in [4.69, 9.17) is 0 Å². The van der Waals surface area contributed by atoms with Crippen molar-refractivity contribution in [1.82, 2.24) is 5.32 Å². The molecule has 0 saturated carbocycles. The summed E-state index contributed by atoms with van der Waals surface area (Å²) in [5, 5.41) is 5.35. The van der Waals surface area contributed by atoms with Crippen molar-refractivity contribution in [2.45, 2.75) is 19.4 Å². The van der Waals surface area contributed by atoms with E-state index in [2.05, 4.69) is 28.2 Å². The molecule has 1 atom stereocenters. The first-order valence-corrected chi connectivity index (χ1v) is 8.77. The lowest BCUT2D eigenvalue weighted by Gasteiger charge is -2.12. The van der Waals surface area contributed by atoms with Crippen LogP contribution in [-0.4, -0.2) is 27.0 Å². The zero-order valence-electron chi connectivity index (χ0n) is 9.36. The van der Waals surface area contributed by atoms with E-state index in [1.807, 2.05) is 11.4 Å². The summed E-state index contributed by atoms with van der Waals surface area (Å²) in [5.41, 5.74) is 0. The molecule has 1 N–H and O–H groups in total. The van der Waals surface area contributed by atoms with E-state index in [9.17, 15) is 8.42 Å². The second kappa shape index (κ2) is 6.14. The van der Waals surface area contributed by atoms with Gasteiger partial charge in [0.05, 0.1) is 5.75 Å². The molecule has 6 heteroatoms. The quantitative estimate of drug-likeness (QED) is 0.818. The molecule has 1 heterocycles. The largest absolute Gasteiger partial charge is 0.309 e. The number of hydrogen-bond donors (Lipinski definition) is 1. The van der Waals surface area contributed by atoms with E-state index in [1.165, 1.54) is 11.1 Å². The summed E-state index contributed by atoms with van der Waals surface area (Å²) in [6, 6.07) is 2.28. The summed E-state index contributed by atoms with van der Waals surface area (Å²) in [6.45, 7) is 2.80. The van der Waals surface area contributed by atoms with E-state index in [0.717, 1.165) is 11.0 Å². The van der Waals surface area contributed by atoms with Gasteiger partial charge in [0.2, 0.25) is 0 Å². The third kappa shape index (κ3) is 4.95. The minimum atomic E-state index is -2.83. The van der Waals surface area contributed by atoms with Crippen LogP contribution in [0.1, 0.15) is 24.3 Å². The second-order valence-corrected chi connectivity index (χ2v) is 7.85. The first-order valence-electron chi connectivity index (χ1n) is 5.04. The fraction of sp³-hybridized carbons (Fsp3) is 0.600. The molecule has 0 amide bonds. The van der Waals surface area contributed by atoms with Crippen LogP contribution in [-0.2, 0) is 9.84 Å². The van der Waals surface area contributed by atoms with Crippen molar-refractivity contribution in [3.05, 3.63) is 20.8 Å². The van der Waals surface area contributed by atoms with Crippen LogP contribution in [0, 0.1) is 0 Å². The highest BCUT2D eigenvalue weighted by molar-refractivity contribution is 9.10. The predicted octanol–water partition coefficient (Wildman–Crippen LogP) is 2.60. The van der Waals surface area contributed by atoms with Gasteiger partial charge in [0.15, 0.2) is 0 Å². The fourth-order valence-corrected chi connectivity index (χ4v) is 3.78. The molecule has 0 aliphatic carbocycles. The van der Waals surface area contributed by atoms with Crippen molar-refractivity contribution >= 4 is 37.1 Å². The Hall–Kier alpha value is 0.0900. The normalized spacial score (nSPS) is 13.9. The third-order valence-corrected chi connectivity index (χ3v) is 5.26. The monoisotopic (exact) mass is 325 g/mol. The molecule has 0 aliphatic heterocycles. The fourth-order valence-electron chi connectivity index (χ4n) is 1.36. The number of nitrogens with one attached hydrogen (secondary N) is 1. The van der Waals surface area contributed by atoms with E-state index < -0.39 is 9.84 Å². The standard InChI is InChI=1S/C10H16BrNO2S2/c1-8(10-9(11)4-6-15-10)12-5-3-7-16(2,13)14/h4,6,8,12H,3,5,7H2,1-2H3.